The van der Waals surface area contributed by atoms with Crippen LogP contribution in [0.25, 0.3) is 0 Å². The summed E-state index contributed by atoms with van der Waals surface area (Å²) in [6.45, 7) is -0.304. The zero-order valence-electron chi connectivity index (χ0n) is 14.1. The molecule has 1 aromatic heterocycles. The Morgan fingerprint density at radius 1 is 1.00 bits per heavy atom. The lowest BCUT2D eigenvalue weighted by molar-refractivity contribution is -0.100. The van der Waals surface area contributed by atoms with Crippen molar-refractivity contribution in [3.05, 3.63) is 23.8 Å². The van der Waals surface area contributed by atoms with Gasteiger partial charge in [0.15, 0.2) is 0 Å². The van der Waals surface area contributed by atoms with Crippen LogP contribution in [0.4, 0.5) is 0 Å². The molecule has 0 saturated carbocycles. The van der Waals surface area contributed by atoms with E-state index in [4.69, 9.17) is 19.3 Å². The number of aromatic nitrogens is 2. The molecule has 1 rings (SSSR count). The van der Waals surface area contributed by atoms with E-state index in [-0.39, 0.29) is 18.7 Å². The quantitative estimate of drug-likeness (QED) is 0.375. The molecule has 0 aliphatic heterocycles. The number of aliphatic hydroxyl groups is 4. The molecule has 0 amide bonds. The van der Waals surface area contributed by atoms with Gasteiger partial charge in [0, 0.05) is 33.9 Å². The van der Waals surface area contributed by atoms with Gasteiger partial charge < -0.3 is 34.6 Å². The Balaban J connectivity index is 2.75. The molecule has 2 unspecified atom stereocenters. The Kier molecular flexibility index (Phi) is 9.22. The van der Waals surface area contributed by atoms with Crippen molar-refractivity contribution in [3.63, 3.8) is 0 Å². The van der Waals surface area contributed by atoms with E-state index < -0.39 is 37.1 Å². The van der Waals surface area contributed by atoms with Crippen molar-refractivity contribution in [2.24, 2.45) is 0 Å². The molecule has 138 valence electrons. The molecule has 0 bridgehead atoms. The molecular formula is C15H26N2O7. The number of methoxy groups -OCH3 is 3. The number of hydrogen-bond donors (Lipinski definition) is 4. The molecule has 9 nitrogen and oxygen atoms in total. The maximum absolute atomic E-state index is 10.2. The fourth-order valence-corrected chi connectivity index (χ4v) is 2.17. The molecule has 0 fully saturated rings. The van der Waals surface area contributed by atoms with Crippen LogP contribution in [-0.4, -0.2) is 89.4 Å². The van der Waals surface area contributed by atoms with Gasteiger partial charge in [0.1, 0.15) is 24.4 Å². The molecule has 5 atom stereocenters. The van der Waals surface area contributed by atoms with E-state index in [9.17, 15) is 15.3 Å². The Bertz CT molecular complexity index is 460. The lowest BCUT2D eigenvalue weighted by Crippen LogP contribution is -2.37. The fraction of sp³-hybridized carbons (Fsp3) is 0.733. The average molecular weight is 346 g/mol. The Labute approximate surface area is 140 Å². The van der Waals surface area contributed by atoms with Crippen molar-refractivity contribution in [2.75, 3.05) is 34.5 Å². The summed E-state index contributed by atoms with van der Waals surface area (Å²) < 4.78 is 15.1. The van der Waals surface area contributed by atoms with Gasteiger partial charge in [-0.2, -0.15) is 0 Å². The Hall–Kier alpha value is -1.20. The zero-order valence-corrected chi connectivity index (χ0v) is 14.1. The Morgan fingerprint density at radius 3 is 2.12 bits per heavy atom. The van der Waals surface area contributed by atoms with Crippen molar-refractivity contribution in [1.82, 2.24) is 9.97 Å². The first-order chi connectivity index (χ1) is 11.5. The van der Waals surface area contributed by atoms with E-state index in [2.05, 4.69) is 9.97 Å². The van der Waals surface area contributed by atoms with Gasteiger partial charge in [0.05, 0.1) is 36.9 Å². The topological polar surface area (TPSA) is 134 Å². The van der Waals surface area contributed by atoms with E-state index in [1.807, 2.05) is 0 Å². The summed E-state index contributed by atoms with van der Waals surface area (Å²) in [5.41, 5.74) is 0.695. The van der Waals surface area contributed by atoms with Crippen LogP contribution in [0, 0.1) is 0 Å². The molecule has 0 aliphatic carbocycles. The summed E-state index contributed by atoms with van der Waals surface area (Å²) >= 11 is 0. The van der Waals surface area contributed by atoms with Crippen LogP contribution in [-0.2, 0) is 20.6 Å². The standard InChI is InChI=1S/C15H26N2O7/c1-22-8-13(24-3)15(21)14(20)10-6-16-9(5-17-10)4-12(23-2)11(19)7-18/h5-6,11-15,18-21H,4,7-8H2,1-3H3/t11-,12+,13-,14?,15?/m1/s1. The molecule has 0 spiro atoms. The predicted molar refractivity (Wildman–Crippen MR) is 83.3 cm³/mol. The Morgan fingerprint density at radius 2 is 1.67 bits per heavy atom. The first-order valence-corrected chi connectivity index (χ1v) is 7.48. The number of hydrogen-bond acceptors (Lipinski definition) is 9. The summed E-state index contributed by atoms with van der Waals surface area (Å²) in [7, 11) is 4.30. The third-order valence-electron chi connectivity index (χ3n) is 3.70. The largest absolute Gasteiger partial charge is 0.394 e. The van der Waals surface area contributed by atoms with Gasteiger partial charge in [-0.15, -0.1) is 0 Å². The summed E-state index contributed by atoms with van der Waals surface area (Å²) in [5, 5.41) is 38.9. The third kappa shape index (κ3) is 5.71. The van der Waals surface area contributed by atoms with Crippen molar-refractivity contribution < 1.29 is 34.6 Å². The molecule has 1 heterocycles. The summed E-state index contributed by atoms with van der Waals surface area (Å²) in [6.07, 6.45) is -1.87. The second-order valence-corrected chi connectivity index (χ2v) is 5.33. The van der Waals surface area contributed by atoms with Crippen LogP contribution < -0.4 is 0 Å². The molecule has 9 heteroatoms. The predicted octanol–water partition coefficient (Wildman–Crippen LogP) is -1.56. The molecule has 4 N–H and O–H groups in total. The molecule has 24 heavy (non-hydrogen) atoms. The first kappa shape index (κ1) is 20.8. The lowest BCUT2D eigenvalue weighted by atomic mass is 10.1. The van der Waals surface area contributed by atoms with Crippen molar-refractivity contribution in [2.45, 2.75) is 36.9 Å². The van der Waals surface area contributed by atoms with Gasteiger partial charge in [-0.1, -0.05) is 0 Å². The minimum Gasteiger partial charge on any atom is -0.394 e. The monoisotopic (exact) mass is 346 g/mol. The van der Waals surface area contributed by atoms with Gasteiger partial charge in [-0.3, -0.25) is 9.97 Å². The van der Waals surface area contributed by atoms with E-state index in [0.717, 1.165) is 0 Å². The van der Waals surface area contributed by atoms with Crippen molar-refractivity contribution in [1.29, 1.82) is 0 Å². The van der Waals surface area contributed by atoms with Gasteiger partial charge >= 0.3 is 0 Å². The minimum atomic E-state index is -1.28. The zero-order chi connectivity index (χ0) is 18.1. The summed E-state index contributed by atoms with van der Waals surface area (Å²) in [5.74, 6) is 0. The van der Waals surface area contributed by atoms with Crippen LogP contribution in [0.15, 0.2) is 12.4 Å². The number of ether oxygens (including phenoxy) is 3. The van der Waals surface area contributed by atoms with Crippen LogP contribution in [0.3, 0.4) is 0 Å². The van der Waals surface area contributed by atoms with E-state index in [0.29, 0.717) is 5.69 Å². The maximum Gasteiger partial charge on any atom is 0.126 e. The van der Waals surface area contributed by atoms with Crippen LogP contribution in [0.2, 0.25) is 0 Å². The van der Waals surface area contributed by atoms with Gasteiger partial charge in [0.25, 0.3) is 0 Å². The smallest absolute Gasteiger partial charge is 0.126 e. The van der Waals surface area contributed by atoms with E-state index >= 15 is 0 Å². The first-order valence-electron chi connectivity index (χ1n) is 7.48. The second-order valence-electron chi connectivity index (χ2n) is 5.33. The third-order valence-corrected chi connectivity index (χ3v) is 3.70. The van der Waals surface area contributed by atoms with Crippen LogP contribution >= 0.6 is 0 Å². The lowest BCUT2D eigenvalue weighted by Gasteiger charge is -2.25. The van der Waals surface area contributed by atoms with E-state index in [1.165, 1.54) is 33.7 Å². The summed E-state index contributed by atoms with van der Waals surface area (Å²) in [6, 6.07) is 0. The van der Waals surface area contributed by atoms with Crippen LogP contribution in [0.5, 0.6) is 0 Å². The average Bonchev–Trinajstić information content (AvgIpc) is 2.62. The summed E-state index contributed by atoms with van der Waals surface area (Å²) in [4.78, 5) is 8.22. The maximum atomic E-state index is 10.2. The van der Waals surface area contributed by atoms with Crippen molar-refractivity contribution >= 4 is 0 Å². The highest BCUT2D eigenvalue weighted by Gasteiger charge is 2.29. The number of nitrogens with zero attached hydrogens (tertiary/aromatic N) is 2. The molecule has 0 radical (unpaired) electrons. The fourth-order valence-electron chi connectivity index (χ4n) is 2.17. The molecule has 0 aliphatic rings. The SMILES string of the molecule is COC[C@@H](OC)C(O)C(O)c1cnc(C[C@H](OC)[C@H](O)CO)cn1. The molecular weight excluding hydrogens is 320 g/mol. The van der Waals surface area contributed by atoms with Gasteiger partial charge in [-0.05, 0) is 0 Å². The highest BCUT2D eigenvalue weighted by Crippen LogP contribution is 2.18. The molecule has 1 aromatic rings. The highest BCUT2D eigenvalue weighted by atomic mass is 16.5. The van der Waals surface area contributed by atoms with E-state index in [1.54, 1.807) is 0 Å². The highest BCUT2D eigenvalue weighted by molar-refractivity contribution is 5.08. The van der Waals surface area contributed by atoms with Crippen molar-refractivity contribution in [3.8, 4) is 0 Å². The molecule has 0 aromatic carbocycles. The number of aliphatic hydroxyl groups excluding tert-OH is 4. The molecule has 0 saturated heterocycles. The van der Waals surface area contributed by atoms with Gasteiger partial charge in [-0.25, -0.2) is 0 Å². The van der Waals surface area contributed by atoms with Gasteiger partial charge in [0.2, 0.25) is 0 Å². The minimum absolute atomic E-state index is 0.120. The normalized spacial score (nSPS) is 18.0. The second kappa shape index (κ2) is 10.6. The number of rotatable bonds is 11. The van der Waals surface area contributed by atoms with Crippen LogP contribution in [0.1, 0.15) is 17.5 Å².